The van der Waals surface area contributed by atoms with Gasteiger partial charge in [-0.15, -0.1) is 0 Å². The van der Waals surface area contributed by atoms with E-state index in [0.29, 0.717) is 30.5 Å². The van der Waals surface area contributed by atoms with Gasteiger partial charge < -0.3 is 10.1 Å². The second-order valence-electron chi connectivity index (χ2n) is 7.61. The van der Waals surface area contributed by atoms with Gasteiger partial charge in [-0.3, -0.25) is 9.59 Å². The van der Waals surface area contributed by atoms with Gasteiger partial charge in [0.15, 0.2) is 5.92 Å². The lowest BCUT2D eigenvalue weighted by atomic mass is 9.97. The zero-order valence-corrected chi connectivity index (χ0v) is 16.6. The lowest BCUT2D eigenvalue weighted by molar-refractivity contribution is -0.127. The standard InChI is InChI=1S/C22H21F2N3O3/c1-13-19(20(28)25-17-5-3-4-16(10-17)22(2,23)24)21(29)27(26-13)18-8-6-14(7-9-18)15-11-30-12-15/h3-10,15,19H,11-12H2,1-2H3,(H,25,28). The number of nitrogens with one attached hydrogen (secondary N) is 1. The van der Waals surface area contributed by atoms with Crippen LogP contribution in [0.2, 0.25) is 0 Å². The van der Waals surface area contributed by atoms with Crippen molar-refractivity contribution in [3.05, 3.63) is 59.7 Å². The summed E-state index contributed by atoms with van der Waals surface area (Å²) in [5, 5.41) is 8.00. The maximum absolute atomic E-state index is 13.5. The normalized spacial score (nSPS) is 19.5. The van der Waals surface area contributed by atoms with Gasteiger partial charge >= 0.3 is 0 Å². The summed E-state index contributed by atoms with van der Waals surface area (Å²) in [7, 11) is 0. The van der Waals surface area contributed by atoms with Crippen molar-refractivity contribution in [3.8, 4) is 0 Å². The quantitative estimate of drug-likeness (QED) is 0.756. The minimum atomic E-state index is -3.03. The molecule has 4 rings (SSSR count). The minimum Gasteiger partial charge on any atom is -0.380 e. The van der Waals surface area contributed by atoms with Gasteiger partial charge in [0.05, 0.1) is 24.6 Å². The van der Waals surface area contributed by atoms with Crippen LogP contribution in [0.3, 0.4) is 0 Å². The van der Waals surface area contributed by atoms with Crippen molar-refractivity contribution >= 4 is 28.9 Å². The number of anilines is 2. The number of alkyl halides is 2. The zero-order chi connectivity index (χ0) is 21.5. The van der Waals surface area contributed by atoms with Crippen molar-refractivity contribution in [2.24, 2.45) is 11.0 Å². The van der Waals surface area contributed by atoms with E-state index in [2.05, 4.69) is 10.4 Å². The molecule has 2 aliphatic heterocycles. The fraction of sp³-hybridized carbons (Fsp3) is 0.318. The highest BCUT2D eigenvalue weighted by Gasteiger charge is 2.40. The average molecular weight is 413 g/mol. The summed E-state index contributed by atoms with van der Waals surface area (Å²) < 4.78 is 32.3. The lowest BCUT2D eigenvalue weighted by Crippen LogP contribution is -2.36. The number of hydrogen-bond acceptors (Lipinski definition) is 4. The third kappa shape index (κ3) is 3.82. The average Bonchev–Trinajstić information content (AvgIpc) is 2.95. The Morgan fingerprint density at radius 1 is 1.20 bits per heavy atom. The Kier molecular flexibility index (Phi) is 5.11. The summed E-state index contributed by atoms with van der Waals surface area (Å²) in [6.45, 7) is 3.75. The van der Waals surface area contributed by atoms with E-state index < -0.39 is 23.7 Å². The summed E-state index contributed by atoms with van der Waals surface area (Å²) in [5.74, 6) is -4.88. The molecule has 6 nitrogen and oxygen atoms in total. The molecule has 1 atom stereocenters. The fourth-order valence-electron chi connectivity index (χ4n) is 3.45. The molecule has 2 amide bonds. The number of hydrazone groups is 1. The highest BCUT2D eigenvalue weighted by molar-refractivity contribution is 6.28. The van der Waals surface area contributed by atoms with Crippen LogP contribution in [-0.4, -0.2) is 30.7 Å². The molecule has 2 aromatic rings. The summed E-state index contributed by atoms with van der Waals surface area (Å²) in [6, 6.07) is 12.8. The molecule has 1 saturated heterocycles. The first-order chi connectivity index (χ1) is 14.2. The summed E-state index contributed by atoms with van der Waals surface area (Å²) in [6.07, 6.45) is 0. The Balaban J connectivity index is 1.48. The maximum atomic E-state index is 13.5. The van der Waals surface area contributed by atoms with Gasteiger partial charge in [-0.25, -0.2) is 8.78 Å². The minimum absolute atomic E-state index is 0.199. The van der Waals surface area contributed by atoms with Gasteiger partial charge in [0.1, 0.15) is 0 Å². The van der Waals surface area contributed by atoms with Gasteiger partial charge in [-0.1, -0.05) is 24.3 Å². The molecule has 0 radical (unpaired) electrons. The molecule has 8 heteroatoms. The maximum Gasteiger partial charge on any atom is 0.270 e. The SMILES string of the molecule is CC1=NN(c2ccc(C3COC3)cc2)C(=O)C1C(=O)Nc1cccc(C(C)(F)F)c1. The summed E-state index contributed by atoms with van der Waals surface area (Å²) in [4.78, 5) is 25.6. The zero-order valence-electron chi connectivity index (χ0n) is 16.6. The first-order valence-corrected chi connectivity index (χ1v) is 9.60. The molecule has 156 valence electrons. The first-order valence-electron chi connectivity index (χ1n) is 9.60. The molecule has 1 fully saturated rings. The number of carbonyl (C=O) groups excluding carboxylic acids is 2. The van der Waals surface area contributed by atoms with E-state index in [0.717, 1.165) is 12.5 Å². The molecule has 0 saturated carbocycles. The van der Waals surface area contributed by atoms with E-state index >= 15 is 0 Å². The Hall–Kier alpha value is -3.13. The van der Waals surface area contributed by atoms with Gasteiger partial charge in [0.25, 0.3) is 11.8 Å². The lowest BCUT2D eigenvalue weighted by Gasteiger charge is -2.26. The van der Waals surface area contributed by atoms with Gasteiger partial charge in [-0.2, -0.15) is 10.1 Å². The molecule has 0 aromatic heterocycles. The molecule has 0 spiro atoms. The van der Waals surface area contributed by atoms with Gasteiger partial charge in [-0.05, 0) is 36.8 Å². The van der Waals surface area contributed by atoms with Crippen LogP contribution in [0.15, 0.2) is 53.6 Å². The van der Waals surface area contributed by atoms with Crippen molar-refractivity contribution in [1.82, 2.24) is 0 Å². The van der Waals surface area contributed by atoms with Crippen LogP contribution in [-0.2, 0) is 20.2 Å². The van der Waals surface area contributed by atoms with Crippen LogP contribution in [0.4, 0.5) is 20.2 Å². The predicted molar refractivity (Wildman–Crippen MR) is 109 cm³/mol. The number of benzene rings is 2. The highest BCUT2D eigenvalue weighted by atomic mass is 19.3. The first kappa shape index (κ1) is 20.2. The van der Waals surface area contributed by atoms with Crippen LogP contribution < -0.4 is 10.3 Å². The second-order valence-corrected chi connectivity index (χ2v) is 7.61. The van der Waals surface area contributed by atoms with Crippen molar-refractivity contribution in [2.45, 2.75) is 25.7 Å². The van der Waals surface area contributed by atoms with E-state index in [4.69, 9.17) is 4.74 Å². The van der Waals surface area contributed by atoms with Crippen LogP contribution in [0, 0.1) is 5.92 Å². The molecule has 2 aromatic carbocycles. The van der Waals surface area contributed by atoms with Gasteiger partial charge in [0.2, 0.25) is 5.91 Å². The Labute approximate surface area is 172 Å². The van der Waals surface area contributed by atoms with Crippen molar-refractivity contribution < 1.29 is 23.1 Å². The number of ether oxygens (including phenoxy) is 1. The van der Waals surface area contributed by atoms with Crippen LogP contribution in [0.25, 0.3) is 0 Å². The topological polar surface area (TPSA) is 71.0 Å². The van der Waals surface area contributed by atoms with Crippen LogP contribution in [0.5, 0.6) is 0 Å². The van der Waals surface area contributed by atoms with E-state index in [-0.39, 0.29) is 11.3 Å². The molecule has 1 unspecified atom stereocenters. The van der Waals surface area contributed by atoms with E-state index in [1.165, 1.54) is 29.3 Å². The Morgan fingerprint density at radius 2 is 1.90 bits per heavy atom. The van der Waals surface area contributed by atoms with E-state index in [1.807, 2.05) is 12.1 Å². The third-order valence-electron chi connectivity index (χ3n) is 5.28. The largest absolute Gasteiger partial charge is 0.380 e. The Morgan fingerprint density at radius 3 is 2.50 bits per heavy atom. The molecule has 30 heavy (non-hydrogen) atoms. The Bertz CT molecular complexity index is 1010. The molecule has 2 heterocycles. The number of carbonyl (C=O) groups is 2. The van der Waals surface area contributed by atoms with E-state index in [9.17, 15) is 18.4 Å². The molecular formula is C22H21F2N3O3. The molecule has 2 aliphatic rings. The van der Waals surface area contributed by atoms with Crippen molar-refractivity contribution in [3.63, 3.8) is 0 Å². The molecule has 0 aliphatic carbocycles. The summed E-state index contributed by atoms with van der Waals surface area (Å²) >= 11 is 0. The number of rotatable bonds is 5. The molecular weight excluding hydrogens is 392 g/mol. The highest BCUT2D eigenvalue weighted by Crippen LogP contribution is 2.31. The second kappa shape index (κ2) is 7.60. The van der Waals surface area contributed by atoms with Crippen molar-refractivity contribution in [1.29, 1.82) is 0 Å². The fourth-order valence-corrected chi connectivity index (χ4v) is 3.45. The van der Waals surface area contributed by atoms with Crippen LogP contribution in [0.1, 0.15) is 30.9 Å². The number of halogens is 2. The smallest absolute Gasteiger partial charge is 0.270 e. The molecule has 0 bridgehead atoms. The van der Waals surface area contributed by atoms with E-state index in [1.54, 1.807) is 19.1 Å². The third-order valence-corrected chi connectivity index (χ3v) is 5.28. The number of nitrogens with zero attached hydrogens (tertiary/aromatic N) is 2. The van der Waals surface area contributed by atoms with Crippen LogP contribution >= 0.6 is 0 Å². The predicted octanol–water partition coefficient (Wildman–Crippen LogP) is 3.89. The van der Waals surface area contributed by atoms with Crippen molar-refractivity contribution in [2.75, 3.05) is 23.5 Å². The number of hydrogen-bond donors (Lipinski definition) is 1. The van der Waals surface area contributed by atoms with Gasteiger partial charge in [0, 0.05) is 24.1 Å². The molecule has 1 N–H and O–H groups in total. The summed E-state index contributed by atoms with van der Waals surface area (Å²) in [5.41, 5.74) is 2.00. The number of amides is 2. The monoisotopic (exact) mass is 413 g/mol.